The normalized spacial score (nSPS) is 25.9. The first-order valence-electron chi connectivity index (χ1n) is 7.60. The second kappa shape index (κ2) is 6.03. The molecule has 2 atom stereocenters. The molecule has 1 saturated heterocycles. The van der Waals surface area contributed by atoms with Gasteiger partial charge in [0.25, 0.3) is 0 Å². The molecule has 2 heterocycles. The minimum Gasteiger partial charge on any atom is -0.489 e. The van der Waals surface area contributed by atoms with Crippen LogP contribution in [-0.4, -0.2) is 38.3 Å². The molecule has 1 aromatic rings. The molecule has 0 radical (unpaired) electrons. The quantitative estimate of drug-likeness (QED) is 0.912. The lowest BCUT2D eigenvalue weighted by molar-refractivity contribution is 0.295. The molecule has 0 spiro atoms. The minimum atomic E-state index is 0.309. The van der Waals surface area contributed by atoms with Gasteiger partial charge in [0.15, 0.2) is 11.5 Å². The number of hydrogen-bond donors (Lipinski definition) is 1. The number of ether oxygens (including phenoxy) is 2. The van der Waals surface area contributed by atoms with Crippen molar-refractivity contribution in [3.05, 3.63) is 22.2 Å². The summed E-state index contributed by atoms with van der Waals surface area (Å²) in [4.78, 5) is 2.34. The Bertz CT molecular complexity index is 535. The zero-order valence-corrected chi connectivity index (χ0v) is 13.4. The van der Waals surface area contributed by atoms with Crippen LogP contribution >= 0.6 is 11.6 Å². The molecule has 2 N–H and O–H groups in total. The van der Waals surface area contributed by atoms with Crippen molar-refractivity contribution in [3.63, 3.8) is 0 Å². The minimum absolute atomic E-state index is 0.309. The summed E-state index contributed by atoms with van der Waals surface area (Å²) in [6, 6.07) is 2.22. The third-order valence-corrected chi connectivity index (χ3v) is 4.89. The van der Waals surface area contributed by atoms with Crippen molar-refractivity contribution < 1.29 is 9.47 Å². The van der Waals surface area contributed by atoms with E-state index in [-0.39, 0.29) is 0 Å². The molecule has 2 unspecified atom stereocenters. The fourth-order valence-corrected chi connectivity index (χ4v) is 3.84. The maximum atomic E-state index is 6.56. The van der Waals surface area contributed by atoms with Crippen molar-refractivity contribution in [2.75, 3.05) is 33.4 Å². The molecule has 0 bridgehead atoms. The first kappa shape index (κ1) is 14.9. The monoisotopic (exact) mass is 310 g/mol. The predicted octanol–water partition coefficient (Wildman–Crippen LogP) is 2.76. The van der Waals surface area contributed by atoms with Crippen LogP contribution in [0.5, 0.6) is 11.5 Å². The van der Waals surface area contributed by atoms with Crippen LogP contribution in [0, 0.1) is 12.8 Å². The maximum absolute atomic E-state index is 6.56. The highest BCUT2D eigenvalue weighted by atomic mass is 35.5. The van der Waals surface area contributed by atoms with Gasteiger partial charge in [0, 0.05) is 35.7 Å². The van der Waals surface area contributed by atoms with Crippen LogP contribution < -0.4 is 15.2 Å². The SMILES string of the molecule is Cc1c2c(cc(Cl)c1C1CC(CN)CN1C)OCCCO2. The van der Waals surface area contributed by atoms with Gasteiger partial charge < -0.3 is 15.2 Å². The van der Waals surface area contributed by atoms with Gasteiger partial charge in [-0.05, 0) is 38.4 Å². The Morgan fingerprint density at radius 1 is 1.38 bits per heavy atom. The Morgan fingerprint density at radius 2 is 2.14 bits per heavy atom. The molecule has 0 amide bonds. The van der Waals surface area contributed by atoms with E-state index in [4.69, 9.17) is 26.8 Å². The summed E-state index contributed by atoms with van der Waals surface area (Å²) in [6.07, 6.45) is 1.95. The van der Waals surface area contributed by atoms with Gasteiger partial charge in [0.2, 0.25) is 0 Å². The van der Waals surface area contributed by atoms with Crippen LogP contribution in [0.15, 0.2) is 6.07 Å². The van der Waals surface area contributed by atoms with Crippen molar-refractivity contribution in [1.82, 2.24) is 4.90 Å². The summed E-state index contributed by atoms with van der Waals surface area (Å²) >= 11 is 6.56. The van der Waals surface area contributed by atoms with Crippen LogP contribution in [-0.2, 0) is 0 Å². The molecule has 116 valence electrons. The van der Waals surface area contributed by atoms with Gasteiger partial charge in [-0.1, -0.05) is 11.6 Å². The number of likely N-dealkylation sites (tertiary alicyclic amines) is 1. The highest BCUT2D eigenvalue weighted by Gasteiger charge is 2.33. The smallest absolute Gasteiger partial charge is 0.164 e. The van der Waals surface area contributed by atoms with Crippen molar-refractivity contribution >= 4 is 11.6 Å². The van der Waals surface area contributed by atoms with Crippen LogP contribution in [0.25, 0.3) is 0 Å². The van der Waals surface area contributed by atoms with Gasteiger partial charge in [-0.3, -0.25) is 4.90 Å². The molecule has 0 aromatic heterocycles. The second-order valence-electron chi connectivity index (χ2n) is 6.07. The molecule has 4 nitrogen and oxygen atoms in total. The number of benzene rings is 1. The molecule has 2 aliphatic heterocycles. The molecular formula is C16H23ClN2O2. The van der Waals surface area contributed by atoms with Crippen molar-refractivity contribution in [3.8, 4) is 11.5 Å². The van der Waals surface area contributed by atoms with Crippen molar-refractivity contribution in [2.24, 2.45) is 11.7 Å². The molecule has 5 heteroatoms. The highest BCUT2D eigenvalue weighted by molar-refractivity contribution is 6.31. The van der Waals surface area contributed by atoms with Gasteiger partial charge in [-0.25, -0.2) is 0 Å². The topological polar surface area (TPSA) is 47.7 Å². The van der Waals surface area contributed by atoms with Gasteiger partial charge in [0.05, 0.1) is 13.2 Å². The summed E-state index contributed by atoms with van der Waals surface area (Å²) in [7, 11) is 2.14. The van der Waals surface area contributed by atoms with E-state index in [1.54, 1.807) is 0 Å². The largest absolute Gasteiger partial charge is 0.489 e. The van der Waals surface area contributed by atoms with Gasteiger partial charge in [-0.15, -0.1) is 0 Å². The fourth-order valence-electron chi connectivity index (χ4n) is 3.47. The number of halogens is 1. The third kappa shape index (κ3) is 2.72. The molecule has 21 heavy (non-hydrogen) atoms. The lowest BCUT2D eigenvalue weighted by atomic mass is 9.95. The number of nitrogens with two attached hydrogens (primary N) is 1. The first-order chi connectivity index (χ1) is 10.1. The van der Waals surface area contributed by atoms with E-state index in [0.29, 0.717) is 25.2 Å². The predicted molar refractivity (Wildman–Crippen MR) is 84.3 cm³/mol. The summed E-state index contributed by atoms with van der Waals surface area (Å²) in [5.74, 6) is 2.16. The molecule has 2 aliphatic rings. The average Bonchev–Trinajstić information content (AvgIpc) is 2.68. The summed E-state index contributed by atoms with van der Waals surface area (Å²) < 4.78 is 11.6. The molecule has 0 aliphatic carbocycles. The van der Waals surface area contributed by atoms with Gasteiger partial charge >= 0.3 is 0 Å². The van der Waals surface area contributed by atoms with E-state index in [0.717, 1.165) is 48.0 Å². The fraction of sp³-hybridized carbons (Fsp3) is 0.625. The van der Waals surface area contributed by atoms with Crippen molar-refractivity contribution in [1.29, 1.82) is 0 Å². The lowest BCUT2D eigenvalue weighted by Crippen LogP contribution is -2.21. The molecular weight excluding hydrogens is 288 g/mol. The summed E-state index contributed by atoms with van der Waals surface area (Å²) in [5, 5.41) is 0.770. The van der Waals surface area contributed by atoms with E-state index < -0.39 is 0 Å². The maximum Gasteiger partial charge on any atom is 0.164 e. The molecule has 1 fully saturated rings. The lowest BCUT2D eigenvalue weighted by Gasteiger charge is -2.25. The van der Waals surface area contributed by atoms with Gasteiger partial charge in [0.1, 0.15) is 0 Å². The number of nitrogens with zero attached hydrogens (tertiary/aromatic N) is 1. The highest BCUT2D eigenvalue weighted by Crippen LogP contribution is 2.45. The Labute approximate surface area is 131 Å². The number of rotatable bonds is 2. The number of fused-ring (bicyclic) bond motifs is 1. The van der Waals surface area contributed by atoms with Crippen LogP contribution in [0.4, 0.5) is 0 Å². The second-order valence-corrected chi connectivity index (χ2v) is 6.47. The Kier molecular flexibility index (Phi) is 4.29. The zero-order valence-electron chi connectivity index (χ0n) is 12.7. The molecule has 3 rings (SSSR count). The average molecular weight is 311 g/mol. The Balaban J connectivity index is 2.01. The Morgan fingerprint density at radius 3 is 2.86 bits per heavy atom. The standard InChI is InChI=1S/C16H23ClN2O2/c1-10-15(13-6-11(8-18)9-19(13)2)12(17)7-14-16(10)21-5-3-4-20-14/h7,11,13H,3-6,8-9,18H2,1-2H3. The first-order valence-corrected chi connectivity index (χ1v) is 7.98. The molecule has 0 saturated carbocycles. The van der Waals surface area contributed by atoms with Crippen LogP contribution in [0.2, 0.25) is 5.02 Å². The van der Waals surface area contributed by atoms with Gasteiger partial charge in [-0.2, -0.15) is 0 Å². The molecule has 1 aromatic carbocycles. The van der Waals surface area contributed by atoms with Crippen LogP contribution in [0.3, 0.4) is 0 Å². The summed E-state index contributed by atoms with van der Waals surface area (Å²) in [5.41, 5.74) is 8.11. The van der Waals surface area contributed by atoms with Crippen LogP contribution in [0.1, 0.15) is 30.0 Å². The van der Waals surface area contributed by atoms with E-state index in [1.165, 1.54) is 5.56 Å². The van der Waals surface area contributed by atoms with Crippen molar-refractivity contribution in [2.45, 2.75) is 25.8 Å². The zero-order chi connectivity index (χ0) is 15.0. The van der Waals surface area contributed by atoms with E-state index in [9.17, 15) is 0 Å². The summed E-state index contributed by atoms with van der Waals surface area (Å²) in [6.45, 7) is 5.20. The number of hydrogen-bond acceptors (Lipinski definition) is 4. The Hall–Kier alpha value is -0.970. The van der Waals surface area contributed by atoms with E-state index in [2.05, 4.69) is 18.9 Å². The van der Waals surface area contributed by atoms with E-state index in [1.807, 2.05) is 6.07 Å². The van der Waals surface area contributed by atoms with E-state index >= 15 is 0 Å². The third-order valence-electron chi connectivity index (χ3n) is 4.58.